The van der Waals surface area contributed by atoms with Crippen LogP contribution in [-0.4, -0.2) is 20.1 Å². The predicted molar refractivity (Wildman–Crippen MR) is 88.7 cm³/mol. The van der Waals surface area contributed by atoms with E-state index in [0.717, 1.165) is 0 Å². The highest BCUT2D eigenvalue weighted by Crippen LogP contribution is 2.16. The maximum Gasteiger partial charge on any atom is 0.251 e. The molecule has 7 heteroatoms. The highest BCUT2D eigenvalue weighted by atomic mass is 32.2. The van der Waals surface area contributed by atoms with Gasteiger partial charge in [0.1, 0.15) is 5.76 Å². The molecule has 124 valence electrons. The number of rotatable bonds is 7. The molecule has 2 N–H and O–H groups in total. The van der Waals surface area contributed by atoms with Gasteiger partial charge >= 0.3 is 0 Å². The van der Waals surface area contributed by atoms with E-state index in [1.165, 1.54) is 6.07 Å². The fourth-order valence-electron chi connectivity index (χ4n) is 2.11. The van der Waals surface area contributed by atoms with E-state index in [4.69, 9.17) is 4.42 Å². The zero-order valence-corrected chi connectivity index (χ0v) is 13.9. The van der Waals surface area contributed by atoms with E-state index in [-0.39, 0.29) is 17.7 Å². The summed E-state index contributed by atoms with van der Waals surface area (Å²) >= 11 is 0. The second-order valence-corrected chi connectivity index (χ2v) is 7.05. The lowest BCUT2D eigenvalue weighted by Crippen LogP contribution is -2.26. The number of nitrogens with one attached hydrogen (secondary N) is 2. The number of amides is 1. The highest BCUT2D eigenvalue weighted by molar-refractivity contribution is 7.92. The van der Waals surface area contributed by atoms with Crippen molar-refractivity contribution < 1.29 is 17.6 Å². The van der Waals surface area contributed by atoms with Gasteiger partial charge in [-0.3, -0.25) is 9.52 Å². The van der Waals surface area contributed by atoms with Crippen LogP contribution in [0.15, 0.2) is 47.1 Å². The molecule has 1 amide bonds. The minimum atomic E-state index is -3.38. The quantitative estimate of drug-likeness (QED) is 0.813. The lowest BCUT2D eigenvalue weighted by atomic mass is 10.1. The lowest BCUT2D eigenvalue weighted by Gasteiger charge is -2.12. The average Bonchev–Trinajstić information content (AvgIpc) is 3.01. The summed E-state index contributed by atoms with van der Waals surface area (Å²) in [5, 5.41) is 2.80. The molecular formula is C16H20N2O4S. The first-order valence-electron chi connectivity index (χ1n) is 7.36. The van der Waals surface area contributed by atoms with Crippen LogP contribution in [0.1, 0.15) is 42.4 Å². The van der Waals surface area contributed by atoms with Gasteiger partial charge in [0.25, 0.3) is 5.91 Å². The largest absolute Gasteiger partial charge is 0.467 e. The van der Waals surface area contributed by atoms with Gasteiger partial charge in [0.05, 0.1) is 18.1 Å². The predicted octanol–water partition coefficient (Wildman–Crippen LogP) is 2.92. The molecular weight excluding hydrogens is 316 g/mol. The van der Waals surface area contributed by atoms with Crippen molar-refractivity contribution >= 4 is 21.6 Å². The molecule has 1 aromatic carbocycles. The van der Waals surface area contributed by atoms with Gasteiger partial charge in [-0.25, -0.2) is 8.42 Å². The number of benzene rings is 1. The zero-order valence-electron chi connectivity index (χ0n) is 13.1. The van der Waals surface area contributed by atoms with Crippen molar-refractivity contribution in [3.63, 3.8) is 0 Å². The Labute approximate surface area is 135 Å². The van der Waals surface area contributed by atoms with Gasteiger partial charge in [0.15, 0.2) is 0 Å². The van der Waals surface area contributed by atoms with E-state index < -0.39 is 10.0 Å². The van der Waals surface area contributed by atoms with Crippen LogP contribution in [0.3, 0.4) is 0 Å². The molecule has 0 saturated heterocycles. The van der Waals surface area contributed by atoms with Crippen LogP contribution in [0.5, 0.6) is 0 Å². The van der Waals surface area contributed by atoms with Crippen molar-refractivity contribution in [2.24, 2.45) is 0 Å². The molecule has 0 aliphatic carbocycles. The summed E-state index contributed by atoms with van der Waals surface area (Å²) in [6, 6.07) is 9.63. The van der Waals surface area contributed by atoms with Crippen molar-refractivity contribution in [1.29, 1.82) is 0 Å². The standard InChI is InChI=1S/C16H20N2O4S/c1-3-10-23(20,21)18-14-7-4-6-13(11-14)16(19)17-12(2)15-8-5-9-22-15/h4-9,11-12,18H,3,10H2,1-2H3,(H,17,19)/t12-/m0/s1. The molecule has 0 aliphatic heterocycles. The Morgan fingerprint density at radius 1 is 1.26 bits per heavy atom. The molecule has 23 heavy (non-hydrogen) atoms. The number of furan rings is 1. The summed E-state index contributed by atoms with van der Waals surface area (Å²) in [4.78, 5) is 12.3. The molecule has 2 aromatic rings. The highest BCUT2D eigenvalue weighted by Gasteiger charge is 2.15. The number of carbonyl (C=O) groups is 1. The van der Waals surface area contributed by atoms with Gasteiger partial charge in [-0.1, -0.05) is 13.0 Å². The van der Waals surface area contributed by atoms with Gasteiger partial charge in [0.2, 0.25) is 10.0 Å². The van der Waals surface area contributed by atoms with Crippen LogP contribution in [0.25, 0.3) is 0 Å². The number of sulfonamides is 1. The fourth-order valence-corrected chi connectivity index (χ4v) is 3.24. The molecule has 0 fully saturated rings. The van der Waals surface area contributed by atoms with E-state index in [2.05, 4.69) is 10.0 Å². The number of anilines is 1. The van der Waals surface area contributed by atoms with E-state index in [9.17, 15) is 13.2 Å². The van der Waals surface area contributed by atoms with Crippen LogP contribution in [0.4, 0.5) is 5.69 Å². The molecule has 1 aromatic heterocycles. The summed E-state index contributed by atoms with van der Waals surface area (Å²) in [5.41, 5.74) is 0.747. The molecule has 0 aliphatic rings. The third-order valence-electron chi connectivity index (χ3n) is 3.19. The van der Waals surface area contributed by atoms with Gasteiger partial charge in [-0.05, 0) is 43.7 Å². The Morgan fingerprint density at radius 3 is 2.70 bits per heavy atom. The van der Waals surface area contributed by atoms with Crippen molar-refractivity contribution in [1.82, 2.24) is 5.32 Å². The molecule has 0 unspecified atom stereocenters. The second-order valence-electron chi connectivity index (χ2n) is 5.21. The molecule has 0 radical (unpaired) electrons. The first kappa shape index (κ1) is 17.1. The van der Waals surface area contributed by atoms with E-state index in [0.29, 0.717) is 23.4 Å². The topological polar surface area (TPSA) is 88.4 Å². The van der Waals surface area contributed by atoms with Crippen LogP contribution in [-0.2, 0) is 10.0 Å². The number of hydrogen-bond donors (Lipinski definition) is 2. The van der Waals surface area contributed by atoms with Crippen molar-refractivity contribution in [2.45, 2.75) is 26.3 Å². The van der Waals surface area contributed by atoms with Crippen LogP contribution in [0.2, 0.25) is 0 Å². The zero-order chi connectivity index (χ0) is 16.9. The third-order valence-corrected chi connectivity index (χ3v) is 4.68. The van der Waals surface area contributed by atoms with Crippen LogP contribution in [0, 0.1) is 0 Å². The summed E-state index contributed by atoms with van der Waals surface area (Å²) in [5.74, 6) is 0.391. The molecule has 2 rings (SSSR count). The maximum absolute atomic E-state index is 12.3. The van der Waals surface area contributed by atoms with Gasteiger partial charge in [-0.2, -0.15) is 0 Å². The Balaban J connectivity index is 2.08. The summed E-state index contributed by atoms with van der Waals surface area (Å²) in [7, 11) is -3.38. The number of carbonyl (C=O) groups excluding carboxylic acids is 1. The summed E-state index contributed by atoms with van der Waals surface area (Å²) in [6.45, 7) is 3.60. The first-order valence-corrected chi connectivity index (χ1v) is 9.01. The van der Waals surface area contributed by atoms with Crippen molar-refractivity contribution in [2.75, 3.05) is 10.5 Å². The first-order chi connectivity index (χ1) is 10.9. The maximum atomic E-state index is 12.3. The Hall–Kier alpha value is -2.28. The van der Waals surface area contributed by atoms with Crippen molar-refractivity contribution in [3.05, 3.63) is 54.0 Å². The minimum Gasteiger partial charge on any atom is -0.467 e. The molecule has 1 atom stereocenters. The molecule has 0 saturated carbocycles. The summed E-state index contributed by atoms with van der Waals surface area (Å²) in [6.07, 6.45) is 2.07. The van der Waals surface area contributed by atoms with E-state index >= 15 is 0 Å². The minimum absolute atomic E-state index is 0.0406. The van der Waals surface area contributed by atoms with Crippen LogP contribution < -0.4 is 10.0 Å². The fraction of sp³-hybridized carbons (Fsp3) is 0.312. The van der Waals surface area contributed by atoms with Crippen molar-refractivity contribution in [3.8, 4) is 0 Å². The Kier molecular flexibility index (Phi) is 5.44. The van der Waals surface area contributed by atoms with Gasteiger partial charge in [-0.15, -0.1) is 0 Å². The molecule has 1 heterocycles. The van der Waals surface area contributed by atoms with Crippen LogP contribution >= 0.6 is 0 Å². The SMILES string of the molecule is CCCS(=O)(=O)Nc1cccc(C(=O)N[C@@H](C)c2ccco2)c1. The monoisotopic (exact) mass is 336 g/mol. The second kappa shape index (κ2) is 7.32. The Morgan fingerprint density at radius 2 is 2.04 bits per heavy atom. The molecule has 6 nitrogen and oxygen atoms in total. The molecule has 0 bridgehead atoms. The lowest BCUT2D eigenvalue weighted by molar-refractivity contribution is 0.0935. The van der Waals surface area contributed by atoms with E-state index in [1.54, 1.807) is 43.5 Å². The Bertz CT molecular complexity index is 754. The smallest absolute Gasteiger partial charge is 0.251 e. The summed E-state index contributed by atoms with van der Waals surface area (Å²) < 4.78 is 31.3. The molecule has 0 spiro atoms. The van der Waals surface area contributed by atoms with Gasteiger partial charge < -0.3 is 9.73 Å². The number of hydrogen-bond acceptors (Lipinski definition) is 4. The third kappa shape index (κ3) is 4.85. The normalized spacial score (nSPS) is 12.6. The van der Waals surface area contributed by atoms with Gasteiger partial charge in [0, 0.05) is 11.3 Å². The van der Waals surface area contributed by atoms with E-state index in [1.807, 2.05) is 6.92 Å². The average molecular weight is 336 g/mol.